The van der Waals surface area contributed by atoms with Crippen LogP contribution in [0.3, 0.4) is 0 Å². The summed E-state index contributed by atoms with van der Waals surface area (Å²) in [4.78, 5) is 0. The monoisotopic (exact) mass is 277 g/mol. The molecule has 0 radical (unpaired) electrons. The van der Waals surface area contributed by atoms with E-state index in [0.29, 0.717) is 5.71 Å². The van der Waals surface area contributed by atoms with Crippen molar-refractivity contribution < 1.29 is 8.97 Å². The highest BCUT2D eigenvalue weighted by Crippen LogP contribution is 2.26. The second-order valence-electron chi connectivity index (χ2n) is 5.59. The molecule has 0 saturated heterocycles. The Balaban J connectivity index is 2.44. The highest BCUT2D eigenvalue weighted by molar-refractivity contribution is 7.91. The third kappa shape index (κ3) is 2.85. The lowest BCUT2D eigenvalue weighted by Crippen LogP contribution is -2.26. The molecule has 4 heteroatoms. The van der Waals surface area contributed by atoms with Gasteiger partial charge in [0.05, 0.1) is 0 Å². The Morgan fingerprint density at radius 3 is 2.47 bits per heavy atom. The van der Waals surface area contributed by atoms with E-state index in [2.05, 4.69) is 4.40 Å². The average Bonchev–Trinajstić information content (AvgIpc) is 2.66. The Labute approximate surface area is 117 Å². The molecule has 1 unspecified atom stereocenters. The lowest BCUT2D eigenvalue weighted by molar-refractivity contribution is 0.560. The van der Waals surface area contributed by atoms with Gasteiger partial charge in [-0.25, -0.2) is 0 Å². The van der Waals surface area contributed by atoms with Gasteiger partial charge in [0, 0.05) is 10.9 Å². The van der Waals surface area contributed by atoms with Gasteiger partial charge in [-0.15, -0.1) is 0 Å². The van der Waals surface area contributed by atoms with Gasteiger partial charge in [-0.2, -0.15) is 0 Å². The minimum absolute atomic E-state index is 0.360. The summed E-state index contributed by atoms with van der Waals surface area (Å²) in [5.74, 6) is 0.721. The number of para-hydroxylation sites is 1. The zero-order chi connectivity index (χ0) is 14.2. The van der Waals surface area contributed by atoms with Gasteiger partial charge in [-0.3, -0.25) is 0 Å². The molecule has 2 aromatic rings. The van der Waals surface area contributed by atoms with Crippen LogP contribution in [0.5, 0.6) is 0 Å². The molecule has 1 heterocycles. The quantitative estimate of drug-likeness (QED) is 0.615. The fourth-order valence-corrected chi connectivity index (χ4v) is 2.43. The zero-order valence-electron chi connectivity index (χ0n) is 12.0. The third-order valence-electron chi connectivity index (χ3n) is 2.92. The molecule has 0 aliphatic carbocycles. The first kappa shape index (κ1) is 14.2. The first-order chi connectivity index (χ1) is 8.80. The maximum atomic E-state index is 12.1. The maximum absolute atomic E-state index is 12.1. The van der Waals surface area contributed by atoms with Gasteiger partial charge in [0.1, 0.15) is 27.4 Å². The molecule has 0 fully saturated rings. The Hall–Kier alpha value is -1.26. The van der Waals surface area contributed by atoms with E-state index in [1.165, 1.54) is 0 Å². The van der Waals surface area contributed by atoms with E-state index in [-0.39, 0.29) is 4.75 Å². The van der Waals surface area contributed by atoms with Crippen molar-refractivity contribution >= 4 is 28.0 Å². The Morgan fingerprint density at radius 2 is 1.89 bits per heavy atom. The second-order valence-corrected chi connectivity index (χ2v) is 7.50. The van der Waals surface area contributed by atoms with Crippen molar-refractivity contribution in [3.8, 4) is 0 Å². The molecule has 0 N–H and O–H groups in total. The zero-order valence-corrected chi connectivity index (χ0v) is 12.8. The molecule has 1 aromatic heterocycles. The van der Waals surface area contributed by atoms with Gasteiger partial charge in [0.2, 0.25) is 0 Å². The Kier molecular flexibility index (Phi) is 3.74. The number of aryl methyl sites for hydroxylation is 1. The van der Waals surface area contributed by atoms with Crippen LogP contribution < -0.4 is 0 Å². The third-order valence-corrected chi connectivity index (χ3v) is 4.40. The van der Waals surface area contributed by atoms with Gasteiger partial charge in [-0.05, 0) is 40.7 Å². The van der Waals surface area contributed by atoms with Crippen LogP contribution in [0.1, 0.15) is 39.0 Å². The molecule has 0 aliphatic rings. The molecular formula is C15H19NO2S. The number of rotatable bonds is 2. The summed E-state index contributed by atoms with van der Waals surface area (Å²) in [5.41, 5.74) is 2.57. The van der Waals surface area contributed by atoms with Crippen molar-refractivity contribution in [3.05, 3.63) is 35.6 Å². The van der Waals surface area contributed by atoms with E-state index in [1.54, 1.807) is 0 Å². The molecule has 1 atom stereocenters. The van der Waals surface area contributed by atoms with E-state index in [1.807, 2.05) is 58.9 Å². The lowest BCUT2D eigenvalue weighted by atomic mass is 10.1. The molecule has 1 aromatic carbocycles. The van der Waals surface area contributed by atoms with Crippen molar-refractivity contribution in [2.24, 2.45) is 4.40 Å². The number of hydrogen-bond donors (Lipinski definition) is 0. The van der Waals surface area contributed by atoms with Crippen LogP contribution in [0.25, 0.3) is 11.0 Å². The normalized spacial score (nSPS) is 14.9. The van der Waals surface area contributed by atoms with Crippen LogP contribution in [0.15, 0.2) is 33.1 Å². The van der Waals surface area contributed by atoms with Gasteiger partial charge in [-0.1, -0.05) is 22.6 Å². The van der Waals surface area contributed by atoms with Crippen LogP contribution in [0.2, 0.25) is 0 Å². The molecule has 102 valence electrons. The highest BCUT2D eigenvalue weighted by Gasteiger charge is 2.27. The van der Waals surface area contributed by atoms with Gasteiger partial charge in [0.15, 0.2) is 5.76 Å². The predicted molar refractivity (Wildman–Crippen MR) is 81.1 cm³/mol. The summed E-state index contributed by atoms with van der Waals surface area (Å²) in [5, 5.41) is 1.08. The summed E-state index contributed by atoms with van der Waals surface area (Å²) < 4.78 is 21.8. The molecule has 3 nitrogen and oxygen atoms in total. The summed E-state index contributed by atoms with van der Waals surface area (Å²) in [6.45, 7) is 9.57. The Morgan fingerprint density at radius 1 is 1.26 bits per heavy atom. The van der Waals surface area contributed by atoms with Crippen molar-refractivity contribution in [3.63, 3.8) is 0 Å². The van der Waals surface area contributed by atoms with Crippen LogP contribution in [-0.4, -0.2) is 15.0 Å². The SMILES string of the molecule is CC(=N[S+]([O-])C(C)(C)C)c1oc2ccccc2c1C. The van der Waals surface area contributed by atoms with Crippen molar-refractivity contribution in [2.75, 3.05) is 0 Å². The van der Waals surface area contributed by atoms with Crippen LogP contribution in [0.4, 0.5) is 0 Å². The molecular weight excluding hydrogens is 258 g/mol. The van der Waals surface area contributed by atoms with E-state index < -0.39 is 11.4 Å². The lowest BCUT2D eigenvalue weighted by Gasteiger charge is -2.18. The number of nitrogens with zero attached hydrogens (tertiary/aromatic N) is 1. The number of hydrogen-bond acceptors (Lipinski definition) is 3. The van der Waals surface area contributed by atoms with E-state index >= 15 is 0 Å². The molecule has 0 aliphatic heterocycles. The largest absolute Gasteiger partial charge is 0.591 e. The molecule has 0 saturated carbocycles. The fraction of sp³-hybridized carbons (Fsp3) is 0.400. The smallest absolute Gasteiger partial charge is 0.156 e. The maximum Gasteiger partial charge on any atom is 0.156 e. The predicted octanol–water partition coefficient (Wildman–Crippen LogP) is 4.01. The first-order valence-corrected chi connectivity index (χ1v) is 7.37. The minimum Gasteiger partial charge on any atom is -0.591 e. The van der Waals surface area contributed by atoms with Crippen LogP contribution in [0, 0.1) is 6.92 Å². The summed E-state index contributed by atoms with van der Waals surface area (Å²) in [7, 11) is 0. The minimum atomic E-state index is -1.27. The van der Waals surface area contributed by atoms with Crippen LogP contribution >= 0.6 is 0 Å². The standard InChI is InChI=1S/C15H19NO2S/c1-10-12-8-6-7-9-13(12)18-14(10)11(2)16-19(17)15(3,4)5/h6-9H,1-5H3. The molecule has 19 heavy (non-hydrogen) atoms. The molecule has 0 spiro atoms. The van der Waals surface area contributed by atoms with Crippen molar-refractivity contribution in [1.29, 1.82) is 0 Å². The number of fused-ring (bicyclic) bond motifs is 1. The number of benzene rings is 1. The summed E-state index contributed by atoms with van der Waals surface area (Å²) >= 11 is -1.27. The molecule has 0 bridgehead atoms. The molecule has 2 rings (SSSR count). The van der Waals surface area contributed by atoms with Crippen molar-refractivity contribution in [1.82, 2.24) is 0 Å². The Bertz CT molecular complexity index is 623. The first-order valence-electron chi connectivity index (χ1n) is 6.26. The van der Waals surface area contributed by atoms with E-state index in [9.17, 15) is 4.55 Å². The number of furan rings is 1. The highest BCUT2D eigenvalue weighted by atomic mass is 32.2. The summed E-state index contributed by atoms with van der Waals surface area (Å²) in [6, 6.07) is 7.87. The topological polar surface area (TPSA) is 48.6 Å². The van der Waals surface area contributed by atoms with Crippen molar-refractivity contribution in [2.45, 2.75) is 39.4 Å². The van der Waals surface area contributed by atoms with E-state index in [4.69, 9.17) is 4.42 Å². The molecule has 0 amide bonds. The van der Waals surface area contributed by atoms with Gasteiger partial charge >= 0.3 is 0 Å². The second kappa shape index (κ2) is 5.02. The average molecular weight is 277 g/mol. The fourth-order valence-electron chi connectivity index (χ4n) is 1.82. The van der Waals surface area contributed by atoms with Crippen LogP contribution in [-0.2, 0) is 11.4 Å². The summed E-state index contributed by atoms with van der Waals surface area (Å²) in [6.07, 6.45) is 0. The van der Waals surface area contributed by atoms with E-state index in [0.717, 1.165) is 22.3 Å². The van der Waals surface area contributed by atoms with Gasteiger partial charge in [0.25, 0.3) is 0 Å². The van der Waals surface area contributed by atoms with Gasteiger partial charge < -0.3 is 8.97 Å².